The highest BCUT2D eigenvalue weighted by atomic mass is 16.5. The molecule has 0 saturated carbocycles. The zero-order chi connectivity index (χ0) is 12.8. The van der Waals surface area contributed by atoms with E-state index in [4.69, 9.17) is 4.74 Å². The molecule has 2 rings (SSSR count). The number of para-hydroxylation sites is 1. The predicted molar refractivity (Wildman–Crippen MR) is 72.5 cm³/mol. The molecule has 2 aromatic carbocycles. The Morgan fingerprint density at radius 2 is 1.50 bits per heavy atom. The van der Waals surface area contributed by atoms with Gasteiger partial charge < -0.3 is 9.84 Å². The zero-order valence-corrected chi connectivity index (χ0v) is 10.1. The van der Waals surface area contributed by atoms with E-state index in [0.717, 1.165) is 11.3 Å². The molecule has 0 aromatic heterocycles. The second-order valence-corrected chi connectivity index (χ2v) is 3.99. The van der Waals surface area contributed by atoms with Gasteiger partial charge in [-0.3, -0.25) is 0 Å². The average molecular weight is 240 g/mol. The van der Waals surface area contributed by atoms with Crippen molar-refractivity contribution in [3.05, 3.63) is 78.9 Å². The minimum Gasteiger partial charge on any atom is -0.483 e. The molecule has 2 heteroatoms. The maximum absolute atomic E-state index is 9.99. The highest BCUT2D eigenvalue weighted by Gasteiger charge is 2.20. The number of aliphatic hydroxyl groups excluding tert-OH is 1. The van der Waals surface area contributed by atoms with Gasteiger partial charge in [0.25, 0.3) is 0 Å². The maximum atomic E-state index is 9.99. The molecule has 0 heterocycles. The molecular weight excluding hydrogens is 224 g/mol. The minimum atomic E-state index is -0.743. The molecule has 2 nitrogen and oxygen atoms in total. The molecule has 2 atom stereocenters. The van der Waals surface area contributed by atoms with Gasteiger partial charge in [0, 0.05) is 0 Å². The van der Waals surface area contributed by atoms with Gasteiger partial charge >= 0.3 is 0 Å². The molecule has 0 bridgehead atoms. The van der Waals surface area contributed by atoms with Crippen molar-refractivity contribution in [3.63, 3.8) is 0 Å². The Kier molecular flexibility index (Phi) is 4.15. The van der Waals surface area contributed by atoms with Gasteiger partial charge in [0.2, 0.25) is 0 Å². The maximum Gasteiger partial charge on any atom is 0.153 e. The van der Waals surface area contributed by atoms with E-state index in [1.165, 1.54) is 6.08 Å². The molecule has 2 aromatic rings. The second kappa shape index (κ2) is 6.03. The van der Waals surface area contributed by atoms with Crippen LogP contribution >= 0.6 is 0 Å². The van der Waals surface area contributed by atoms with Crippen molar-refractivity contribution in [2.45, 2.75) is 12.2 Å². The Hall–Kier alpha value is -2.06. The van der Waals surface area contributed by atoms with Crippen LogP contribution in [0, 0.1) is 0 Å². The monoisotopic (exact) mass is 240 g/mol. The molecule has 0 aliphatic carbocycles. The third kappa shape index (κ3) is 2.99. The van der Waals surface area contributed by atoms with Crippen LogP contribution in [0.25, 0.3) is 0 Å². The van der Waals surface area contributed by atoms with Crippen LogP contribution < -0.4 is 4.74 Å². The van der Waals surface area contributed by atoms with Crippen LogP contribution in [-0.2, 0) is 0 Å². The van der Waals surface area contributed by atoms with E-state index in [9.17, 15) is 5.11 Å². The summed E-state index contributed by atoms with van der Waals surface area (Å²) in [6.07, 6.45) is 0.305. The third-order valence-corrected chi connectivity index (χ3v) is 2.69. The van der Waals surface area contributed by atoms with Gasteiger partial charge in [-0.25, -0.2) is 0 Å². The zero-order valence-electron chi connectivity index (χ0n) is 10.1. The summed E-state index contributed by atoms with van der Waals surface area (Å²) in [4.78, 5) is 0. The lowest BCUT2D eigenvalue weighted by atomic mass is 10.0. The summed E-state index contributed by atoms with van der Waals surface area (Å²) < 4.78 is 5.83. The minimum absolute atomic E-state index is 0.439. The van der Waals surface area contributed by atoms with Gasteiger partial charge in [-0.05, 0) is 17.7 Å². The van der Waals surface area contributed by atoms with Crippen molar-refractivity contribution < 1.29 is 9.84 Å². The summed E-state index contributed by atoms with van der Waals surface area (Å²) in [7, 11) is 0. The van der Waals surface area contributed by atoms with Crippen molar-refractivity contribution >= 4 is 0 Å². The number of aliphatic hydroxyl groups is 1. The molecule has 0 aliphatic heterocycles. The SMILES string of the molecule is C=CC(O)C(Oc1ccccc1)c1ccccc1. The Labute approximate surface area is 107 Å². The van der Waals surface area contributed by atoms with E-state index in [0.29, 0.717) is 0 Å². The summed E-state index contributed by atoms with van der Waals surface area (Å²) in [5.74, 6) is 0.729. The van der Waals surface area contributed by atoms with Crippen LogP contribution in [0.3, 0.4) is 0 Å². The first-order valence-corrected chi connectivity index (χ1v) is 5.88. The first-order chi connectivity index (χ1) is 8.81. The fraction of sp³-hybridized carbons (Fsp3) is 0.125. The second-order valence-electron chi connectivity index (χ2n) is 3.99. The van der Waals surface area contributed by atoms with E-state index < -0.39 is 12.2 Å². The van der Waals surface area contributed by atoms with E-state index >= 15 is 0 Å². The van der Waals surface area contributed by atoms with E-state index in [2.05, 4.69) is 6.58 Å². The summed E-state index contributed by atoms with van der Waals surface area (Å²) >= 11 is 0. The smallest absolute Gasteiger partial charge is 0.153 e. The van der Waals surface area contributed by atoms with E-state index in [-0.39, 0.29) is 0 Å². The Balaban J connectivity index is 2.24. The molecule has 92 valence electrons. The lowest BCUT2D eigenvalue weighted by Gasteiger charge is -2.22. The molecule has 0 saturated heterocycles. The Bertz CT molecular complexity index is 479. The number of rotatable bonds is 5. The first kappa shape index (κ1) is 12.4. The van der Waals surface area contributed by atoms with Crippen molar-refractivity contribution in [1.82, 2.24) is 0 Å². The van der Waals surface area contributed by atoms with E-state index in [1.54, 1.807) is 0 Å². The van der Waals surface area contributed by atoms with Gasteiger partial charge in [0.1, 0.15) is 11.9 Å². The van der Waals surface area contributed by atoms with E-state index in [1.807, 2.05) is 60.7 Å². The number of hydrogen-bond acceptors (Lipinski definition) is 2. The van der Waals surface area contributed by atoms with Gasteiger partial charge in [0.15, 0.2) is 6.10 Å². The molecule has 0 fully saturated rings. The molecule has 1 N–H and O–H groups in total. The standard InChI is InChI=1S/C16H16O2/c1-2-15(17)16(13-9-5-3-6-10-13)18-14-11-7-4-8-12-14/h2-12,15-17H,1H2. The number of benzene rings is 2. The van der Waals surface area contributed by atoms with Crippen molar-refractivity contribution in [1.29, 1.82) is 0 Å². The summed E-state index contributed by atoms with van der Waals surface area (Å²) in [5.41, 5.74) is 0.925. The highest BCUT2D eigenvalue weighted by molar-refractivity contribution is 5.25. The normalized spacial score (nSPS) is 13.6. The van der Waals surface area contributed by atoms with Crippen molar-refractivity contribution in [3.8, 4) is 5.75 Å². The van der Waals surface area contributed by atoms with Crippen LogP contribution in [-0.4, -0.2) is 11.2 Å². The van der Waals surface area contributed by atoms with Gasteiger partial charge in [-0.2, -0.15) is 0 Å². The fourth-order valence-electron chi connectivity index (χ4n) is 1.75. The first-order valence-electron chi connectivity index (χ1n) is 5.88. The number of hydrogen-bond donors (Lipinski definition) is 1. The van der Waals surface area contributed by atoms with Gasteiger partial charge in [0.05, 0.1) is 0 Å². The summed E-state index contributed by atoms with van der Waals surface area (Å²) in [5, 5.41) is 9.99. The summed E-state index contributed by atoms with van der Waals surface area (Å²) in [6.45, 7) is 3.62. The highest BCUT2D eigenvalue weighted by Crippen LogP contribution is 2.25. The average Bonchev–Trinajstić information content (AvgIpc) is 2.46. The van der Waals surface area contributed by atoms with Crippen molar-refractivity contribution in [2.24, 2.45) is 0 Å². The lowest BCUT2D eigenvalue weighted by molar-refractivity contribution is 0.0669. The van der Waals surface area contributed by atoms with Crippen LogP contribution in [0.15, 0.2) is 73.3 Å². The van der Waals surface area contributed by atoms with Gasteiger partial charge in [-0.15, -0.1) is 6.58 Å². The quantitative estimate of drug-likeness (QED) is 0.812. The lowest BCUT2D eigenvalue weighted by Crippen LogP contribution is -2.21. The topological polar surface area (TPSA) is 29.5 Å². The van der Waals surface area contributed by atoms with Crippen LogP contribution in [0.5, 0.6) is 5.75 Å². The van der Waals surface area contributed by atoms with Crippen LogP contribution in [0.1, 0.15) is 11.7 Å². The molecule has 0 amide bonds. The molecule has 0 aliphatic rings. The largest absolute Gasteiger partial charge is 0.483 e. The predicted octanol–water partition coefficient (Wildman–Crippen LogP) is 3.35. The molecular formula is C16H16O2. The molecule has 2 unspecified atom stereocenters. The van der Waals surface area contributed by atoms with Crippen molar-refractivity contribution in [2.75, 3.05) is 0 Å². The summed E-state index contributed by atoms with van der Waals surface area (Å²) in [6, 6.07) is 19.1. The Morgan fingerprint density at radius 3 is 2.06 bits per heavy atom. The number of ether oxygens (including phenoxy) is 1. The van der Waals surface area contributed by atoms with Crippen LogP contribution in [0.2, 0.25) is 0 Å². The molecule has 18 heavy (non-hydrogen) atoms. The molecule has 0 radical (unpaired) electrons. The fourth-order valence-corrected chi connectivity index (χ4v) is 1.75. The Morgan fingerprint density at radius 1 is 0.944 bits per heavy atom. The molecule has 0 spiro atoms. The van der Waals surface area contributed by atoms with Crippen LogP contribution in [0.4, 0.5) is 0 Å². The van der Waals surface area contributed by atoms with Gasteiger partial charge in [-0.1, -0.05) is 54.6 Å². The third-order valence-electron chi connectivity index (χ3n) is 2.69.